The minimum atomic E-state index is -0.513. The average Bonchev–Trinajstić information content (AvgIpc) is 2.38. The second kappa shape index (κ2) is 6.93. The van der Waals surface area contributed by atoms with Crippen molar-refractivity contribution in [1.82, 2.24) is 4.90 Å². The number of nitrogens with zero attached hydrogens (tertiary/aromatic N) is 1. The number of para-hydroxylation sites is 1. The molecule has 1 N–H and O–H groups in total. The van der Waals surface area contributed by atoms with Crippen LogP contribution in [0.4, 0.5) is 14.9 Å². The quantitative estimate of drug-likeness (QED) is 0.819. The Morgan fingerprint density at radius 3 is 2.56 bits per heavy atom. The number of urea groups is 1. The highest BCUT2D eigenvalue weighted by atomic mass is 19.1. The minimum Gasteiger partial charge on any atom is -0.354 e. The Balaban J connectivity index is 2.57. The largest absolute Gasteiger partial charge is 0.354 e. The third-order valence-corrected chi connectivity index (χ3v) is 2.41. The highest BCUT2D eigenvalue weighted by Gasteiger charge is 2.15. The van der Waals surface area contributed by atoms with Crippen molar-refractivity contribution in [3.05, 3.63) is 30.1 Å². The third-order valence-electron chi connectivity index (χ3n) is 2.41. The number of ether oxygens (including phenoxy) is 2. The zero-order chi connectivity index (χ0) is 13.5. The molecule has 1 aromatic carbocycles. The lowest BCUT2D eigenvalue weighted by Crippen LogP contribution is -2.38. The van der Waals surface area contributed by atoms with Crippen LogP contribution in [0.1, 0.15) is 0 Å². The zero-order valence-corrected chi connectivity index (χ0v) is 10.6. The Bertz CT molecular complexity index is 397. The maximum atomic E-state index is 13.3. The van der Waals surface area contributed by atoms with E-state index in [1.165, 1.54) is 31.3 Å². The van der Waals surface area contributed by atoms with Gasteiger partial charge < -0.3 is 19.7 Å². The van der Waals surface area contributed by atoms with Gasteiger partial charge in [0.05, 0.1) is 12.2 Å². The molecule has 5 nitrogen and oxygen atoms in total. The molecule has 0 aromatic heterocycles. The number of amides is 2. The van der Waals surface area contributed by atoms with Crippen LogP contribution in [0.3, 0.4) is 0 Å². The zero-order valence-electron chi connectivity index (χ0n) is 10.6. The maximum Gasteiger partial charge on any atom is 0.321 e. The molecule has 0 bridgehead atoms. The summed E-state index contributed by atoms with van der Waals surface area (Å²) >= 11 is 0. The number of halogens is 1. The molecule has 0 heterocycles. The van der Waals surface area contributed by atoms with Crippen molar-refractivity contribution in [3.8, 4) is 0 Å². The first kappa shape index (κ1) is 14.4. The highest BCUT2D eigenvalue weighted by molar-refractivity contribution is 5.89. The Labute approximate surface area is 105 Å². The van der Waals surface area contributed by atoms with Crippen molar-refractivity contribution in [2.24, 2.45) is 0 Å². The number of likely N-dealkylation sites (N-methyl/N-ethyl adjacent to an activating group) is 1. The molecule has 0 aliphatic heterocycles. The topological polar surface area (TPSA) is 50.8 Å². The van der Waals surface area contributed by atoms with Crippen molar-refractivity contribution >= 4 is 11.7 Å². The fourth-order valence-corrected chi connectivity index (χ4v) is 1.33. The molecule has 100 valence electrons. The summed E-state index contributed by atoms with van der Waals surface area (Å²) in [6, 6.07) is 5.54. The van der Waals surface area contributed by atoms with E-state index in [0.717, 1.165) is 0 Å². The van der Waals surface area contributed by atoms with Gasteiger partial charge in [-0.1, -0.05) is 12.1 Å². The lowest BCUT2D eigenvalue weighted by atomic mass is 10.3. The molecule has 2 amide bonds. The van der Waals surface area contributed by atoms with Crippen molar-refractivity contribution in [1.29, 1.82) is 0 Å². The molecule has 1 rings (SSSR count). The number of carbonyl (C=O) groups excluding carboxylic acids is 1. The number of carbonyl (C=O) groups is 1. The van der Waals surface area contributed by atoms with Crippen molar-refractivity contribution < 1.29 is 18.7 Å². The van der Waals surface area contributed by atoms with E-state index in [9.17, 15) is 9.18 Å². The third kappa shape index (κ3) is 3.97. The summed E-state index contributed by atoms with van der Waals surface area (Å²) in [5.41, 5.74) is 0.140. The van der Waals surface area contributed by atoms with Gasteiger partial charge in [0.15, 0.2) is 6.29 Å². The van der Waals surface area contributed by atoms with Gasteiger partial charge >= 0.3 is 6.03 Å². The molecule has 0 aliphatic rings. The van der Waals surface area contributed by atoms with Gasteiger partial charge in [-0.25, -0.2) is 9.18 Å². The summed E-state index contributed by atoms with van der Waals surface area (Å²) < 4.78 is 23.3. The van der Waals surface area contributed by atoms with Crippen LogP contribution in [0.15, 0.2) is 24.3 Å². The van der Waals surface area contributed by atoms with Gasteiger partial charge in [-0.2, -0.15) is 0 Å². The molecule has 6 heteroatoms. The van der Waals surface area contributed by atoms with Crippen molar-refractivity contribution in [2.45, 2.75) is 6.29 Å². The van der Waals surface area contributed by atoms with Gasteiger partial charge in [-0.3, -0.25) is 0 Å². The van der Waals surface area contributed by atoms with E-state index in [-0.39, 0.29) is 12.2 Å². The lowest BCUT2D eigenvalue weighted by molar-refractivity contribution is -0.108. The van der Waals surface area contributed by atoms with Gasteiger partial charge in [0.1, 0.15) is 5.82 Å². The number of hydrogen-bond acceptors (Lipinski definition) is 3. The fraction of sp³-hybridized carbons (Fsp3) is 0.417. The number of anilines is 1. The molecule has 0 aliphatic carbocycles. The van der Waals surface area contributed by atoms with E-state index >= 15 is 0 Å². The number of methoxy groups -OCH3 is 2. The average molecular weight is 256 g/mol. The Hall–Kier alpha value is -1.66. The summed E-state index contributed by atoms with van der Waals surface area (Å²) in [7, 11) is 4.54. The van der Waals surface area contributed by atoms with Gasteiger partial charge in [-0.15, -0.1) is 0 Å². The fourth-order valence-electron chi connectivity index (χ4n) is 1.33. The Morgan fingerprint density at radius 2 is 2.00 bits per heavy atom. The van der Waals surface area contributed by atoms with Crippen LogP contribution in [0.2, 0.25) is 0 Å². The predicted molar refractivity (Wildman–Crippen MR) is 65.9 cm³/mol. The van der Waals surface area contributed by atoms with Crippen molar-refractivity contribution in [2.75, 3.05) is 33.1 Å². The standard InChI is InChI=1S/C12H17FN2O3/c1-15(8-11(17-2)18-3)12(16)14-10-7-5-4-6-9(10)13/h4-7,11H,8H2,1-3H3,(H,14,16). The predicted octanol–water partition coefficient (Wildman–Crippen LogP) is 1.91. The number of rotatable bonds is 5. The van der Waals surface area contributed by atoms with E-state index in [0.29, 0.717) is 0 Å². The summed E-state index contributed by atoms with van der Waals surface area (Å²) in [5.74, 6) is -0.478. The first-order chi connectivity index (χ1) is 8.58. The summed E-state index contributed by atoms with van der Waals surface area (Å²) in [5, 5.41) is 2.46. The minimum absolute atomic E-state index is 0.140. The normalized spacial score (nSPS) is 10.5. The van der Waals surface area contributed by atoms with E-state index in [4.69, 9.17) is 9.47 Å². The molecule has 0 unspecified atom stereocenters. The van der Waals surface area contributed by atoms with E-state index in [1.807, 2.05) is 0 Å². The van der Waals surface area contributed by atoms with Crippen LogP contribution >= 0.6 is 0 Å². The number of hydrogen-bond donors (Lipinski definition) is 1. The Kier molecular flexibility index (Phi) is 5.54. The molecule has 0 spiro atoms. The van der Waals surface area contributed by atoms with Gasteiger partial charge in [0.25, 0.3) is 0 Å². The first-order valence-corrected chi connectivity index (χ1v) is 5.40. The van der Waals surface area contributed by atoms with Crippen LogP contribution in [0, 0.1) is 5.82 Å². The smallest absolute Gasteiger partial charge is 0.321 e. The van der Waals surface area contributed by atoms with Crippen LogP contribution < -0.4 is 5.32 Å². The molecular weight excluding hydrogens is 239 g/mol. The van der Waals surface area contributed by atoms with E-state index in [2.05, 4.69) is 5.32 Å². The molecule has 1 aromatic rings. The van der Waals surface area contributed by atoms with Crippen LogP contribution in [0.5, 0.6) is 0 Å². The van der Waals surface area contributed by atoms with E-state index < -0.39 is 18.1 Å². The second-order valence-electron chi connectivity index (χ2n) is 3.69. The molecule has 0 atom stereocenters. The van der Waals surface area contributed by atoms with Gasteiger partial charge in [0.2, 0.25) is 0 Å². The molecule has 18 heavy (non-hydrogen) atoms. The maximum absolute atomic E-state index is 13.3. The molecule has 0 fully saturated rings. The van der Waals surface area contributed by atoms with Gasteiger partial charge in [-0.05, 0) is 12.1 Å². The summed E-state index contributed by atoms with van der Waals surface area (Å²) in [6.07, 6.45) is -0.513. The van der Waals surface area contributed by atoms with Crippen LogP contribution in [-0.2, 0) is 9.47 Å². The monoisotopic (exact) mass is 256 g/mol. The Morgan fingerprint density at radius 1 is 1.39 bits per heavy atom. The summed E-state index contributed by atoms with van der Waals surface area (Å²) in [6.45, 7) is 0.243. The van der Waals surface area contributed by atoms with Gasteiger partial charge in [0, 0.05) is 21.3 Å². The highest BCUT2D eigenvalue weighted by Crippen LogP contribution is 2.12. The van der Waals surface area contributed by atoms with Crippen LogP contribution in [0.25, 0.3) is 0 Å². The van der Waals surface area contributed by atoms with E-state index in [1.54, 1.807) is 19.2 Å². The van der Waals surface area contributed by atoms with Crippen molar-refractivity contribution in [3.63, 3.8) is 0 Å². The second-order valence-corrected chi connectivity index (χ2v) is 3.69. The molecule has 0 saturated heterocycles. The first-order valence-electron chi connectivity index (χ1n) is 5.40. The number of nitrogens with one attached hydrogen (secondary N) is 1. The summed E-state index contributed by atoms with van der Waals surface area (Å²) in [4.78, 5) is 13.1. The molecule has 0 radical (unpaired) electrons. The SMILES string of the molecule is COC(CN(C)C(=O)Nc1ccccc1F)OC. The lowest BCUT2D eigenvalue weighted by Gasteiger charge is -2.22. The number of benzene rings is 1. The van der Waals surface area contributed by atoms with Crippen LogP contribution in [-0.4, -0.2) is 45.0 Å². The molecular formula is C12H17FN2O3. The molecule has 0 saturated carbocycles.